The van der Waals surface area contributed by atoms with Gasteiger partial charge in [0, 0.05) is 18.4 Å². The van der Waals surface area contributed by atoms with Crippen LogP contribution in [0.1, 0.15) is 39.3 Å². The zero-order valence-corrected chi connectivity index (χ0v) is 13.3. The van der Waals surface area contributed by atoms with Crippen molar-refractivity contribution in [1.29, 1.82) is 0 Å². The van der Waals surface area contributed by atoms with Crippen molar-refractivity contribution in [2.45, 2.75) is 45.6 Å². The summed E-state index contributed by atoms with van der Waals surface area (Å²) in [6.07, 6.45) is 4.42. The number of nitrogens with zero attached hydrogens (tertiary/aromatic N) is 1. The molecule has 1 amide bonds. The first-order valence-corrected chi connectivity index (χ1v) is 7.55. The van der Waals surface area contributed by atoms with Crippen LogP contribution in [0.3, 0.4) is 0 Å². The highest BCUT2D eigenvalue weighted by Crippen LogP contribution is 2.06. The fraction of sp³-hybridized carbons (Fsp3) is 0.625. The highest BCUT2D eigenvalue weighted by atomic mass is 16.6. The summed E-state index contributed by atoms with van der Waals surface area (Å²) in [4.78, 5) is 15.7. The third kappa shape index (κ3) is 9.85. The van der Waals surface area contributed by atoms with Crippen molar-refractivity contribution in [3.63, 3.8) is 0 Å². The lowest BCUT2D eigenvalue weighted by Crippen LogP contribution is -2.34. The molecule has 0 unspecified atom stereocenters. The molecule has 0 aliphatic heterocycles. The van der Waals surface area contributed by atoms with Crippen molar-refractivity contribution in [3.8, 4) is 0 Å². The molecule has 1 aromatic heterocycles. The summed E-state index contributed by atoms with van der Waals surface area (Å²) in [6, 6.07) is 5.99. The lowest BCUT2D eigenvalue weighted by Gasteiger charge is -2.19. The van der Waals surface area contributed by atoms with Crippen molar-refractivity contribution in [2.75, 3.05) is 19.6 Å². The summed E-state index contributed by atoms with van der Waals surface area (Å²) in [5.74, 6) is 0. The molecule has 1 aromatic rings. The summed E-state index contributed by atoms with van der Waals surface area (Å²) in [6.45, 7) is 8.05. The second-order valence-electron chi connectivity index (χ2n) is 5.96. The van der Waals surface area contributed by atoms with E-state index in [1.54, 1.807) is 0 Å². The van der Waals surface area contributed by atoms with Gasteiger partial charge in [0.05, 0.1) is 0 Å². The molecular weight excluding hydrogens is 266 g/mol. The van der Waals surface area contributed by atoms with E-state index in [0.29, 0.717) is 6.54 Å². The van der Waals surface area contributed by atoms with E-state index >= 15 is 0 Å². The number of pyridine rings is 1. The number of ether oxygens (including phenoxy) is 1. The van der Waals surface area contributed by atoms with Crippen molar-refractivity contribution < 1.29 is 9.53 Å². The van der Waals surface area contributed by atoms with Gasteiger partial charge in [-0.05, 0) is 65.3 Å². The Morgan fingerprint density at radius 1 is 1.19 bits per heavy atom. The van der Waals surface area contributed by atoms with Gasteiger partial charge in [0.25, 0.3) is 0 Å². The van der Waals surface area contributed by atoms with E-state index in [1.807, 2.05) is 45.2 Å². The van der Waals surface area contributed by atoms with Gasteiger partial charge in [0.15, 0.2) is 0 Å². The Balaban J connectivity index is 1.92. The minimum atomic E-state index is -0.437. The number of rotatable bonds is 8. The van der Waals surface area contributed by atoms with Crippen LogP contribution < -0.4 is 10.6 Å². The Morgan fingerprint density at radius 3 is 2.62 bits per heavy atom. The third-order valence-electron chi connectivity index (χ3n) is 2.71. The first-order valence-electron chi connectivity index (χ1n) is 7.55. The molecule has 21 heavy (non-hydrogen) atoms. The molecule has 0 saturated carbocycles. The maximum Gasteiger partial charge on any atom is 0.407 e. The lowest BCUT2D eigenvalue weighted by molar-refractivity contribution is 0.0527. The average molecular weight is 293 g/mol. The van der Waals surface area contributed by atoms with Gasteiger partial charge < -0.3 is 15.4 Å². The van der Waals surface area contributed by atoms with Gasteiger partial charge >= 0.3 is 6.09 Å². The van der Waals surface area contributed by atoms with Crippen molar-refractivity contribution in [2.24, 2.45) is 0 Å². The van der Waals surface area contributed by atoms with Crippen LogP contribution in [0.4, 0.5) is 4.79 Å². The van der Waals surface area contributed by atoms with Crippen molar-refractivity contribution in [1.82, 2.24) is 15.6 Å². The summed E-state index contributed by atoms with van der Waals surface area (Å²) in [7, 11) is 0. The standard InChI is InChI=1S/C16H27N3O2/c1-16(2,3)21-15(20)19-13-7-11-17-10-6-9-14-8-4-5-12-18-14/h4-5,8,12,17H,6-7,9-11,13H2,1-3H3,(H,19,20). The van der Waals surface area contributed by atoms with Crippen LogP contribution >= 0.6 is 0 Å². The highest BCUT2D eigenvalue weighted by molar-refractivity contribution is 5.67. The molecule has 0 fully saturated rings. The number of carbonyl (C=O) groups is 1. The Bertz CT molecular complexity index is 402. The number of hydrogen-bond acceptors (Lipinski definition) is 4. The molecule has 0 aliphatic rings. The van der Waals surface area contributed by atoms with E-state index in [1.165, 1.54) is 0 Å². The smallest absolute Gasteiger partial charge is 0.407 e. The van der Waals surface area contributed by atoms with E-state index < -0.39 is 5.60 Å². The largest absolute Gasteiger partial charge is 0.444 e. The second-order valence-corrected chi connectivity index (χ2v) is 5.96. The molecule has 5 heteroatoms. The number of alkyl carbamates (subject to hydrolysis) is 1. The second kappa shape index (κ2) is 9.34. The molecule has 0 spiro atoms. The van der Waals surface area contributed by atoms with Gasteiger partial charge in [-0.15, -0.1) is 0 Å². The monoisotopic (exact) mass is 293 g/mol. The minimum absolute atomic E-state index is 0.349. The predicted octanol–water partition coefficient (Wildman–Crippen LogP) is 2.52. The first-order chi connectivity index (χ1) is 9.97. The van der Waals surface area contributed by atoms with Crippen molar-refractivity contribution in [3.05, 3.63) is 30.1 Å². The van der Waals surface area contributed by atoms with Crippen LogP contribution in [-0.4, -0.2) is 36.3 Å². The Hall–Kier alpha value is -1.62. The van der Waals surface area contributed by atoms with Crippen LogP contribution in [0, 0.1) is 0 Å². The summed E-state index contributed by atoms with van der Waals surface area (Å²) >= 11 is 0. The number of carbonyl (C=O) groups excluding carboxylic acids is 1. The van der Waals surface area contributed by atoms with Gasteiger partial charge in [0.1, 0.15) is 5.60 Å². The topological polar surface area (TPSA) is 63.2 Å². The number of aromatic nitrogens is 1. The van der Waals surface area contributed by atoms with E-state index in [2.05, 4.69) is 15.6 Å². The number of hydrogen-bond donors (Lipinski definition) is 2. The van der Waals surface area contributed by atoms with Crippen LogP contribution in [-0.2, 0) is 11.2 Å². The van der Waals surface area contributed by atoms with Gasteiger partial charge in [-0.3, -0.25) is 4.98 Å². The normalized spacial score (nSPS) is 11.2. The number of aryl methyl sites for hydroxylation is 1. The third-order valence-corrected chi connectivity index (χ3v) is 2.71. The fourth-order valence-corrected chi connectivity index (χ4v) is 1.78. The number of amides is 1. The van der Waals surface area contributed by atoms with Gasteiger partial charge in [0.2, 0.25) is 0 Å². The van der Waals surface area contributed by atoms with E-state index in [-0.39, 0.29) is 6.09 Å². The van der Waals surface area contributed by atoms with E-state index in [0.717, 1.165) is 38.0 Å². The first kappa shape index (κ1) is 17.4. The molecule has 2 N–H and O–H groups in total. The average Bonchev–Trinajstić information content (AvgIpc) is 2.41. The fourth-order valence-electron chi connectivity index (χ4n) is 1.78. The van der Waals surface area contributed by atoms with Gasteiger partial charge in [-0.1, -0.05) is 6.07 Å². The Morgan fingerprint density at radius 2 is 1.95 bits per heavy atom. The summed E-state index contributed by atoms with van der Waals surface area (Å²) in [5.41, 5.74) is 0.694. The zero-order chi connectivity index (χ0) is 15.6. The molecule has 0 radical (unpaired) electrons. The molecule has 118 valence electrons. The Kier molecular flexibility index (Phi) is 7.75. The Labute approximate surface area is 127 Å². The summed E-state index contributed by atoms with van der Waals surface area (Å²) in [5, 5.41) is 6.10. The lowest BCUT2D eigenvalue weighted by atomic mass is 10.2. The maximum absolute atomic E-state index is 11.4. The molecule has 1 rings (SSSR count). The summed E-state index contributed by atoms with van der Waals surface area (Å²) < 4.78 is 5.15. The zero-order valence-electron chi connectivity index (χ0n) is 13.3. The van der Waals surface area contributed by atoms with Crippen LogP contribution in [0.2, 0.25) is 0 Å². The van der Waals surface area contributed by atoms with E-state index in [9.17, 15) is 4.79 Å². The van der Waals surface area contributed by atoms with Gasteiger partial charge in [-0.2, -0.15) is 0 Å². The van der Waals surface area contributed by atoms with Crippen LogP contribution in [0.25, 0.3) is 0 Å². The van der Waals surface area contributed by atoms with Crippen LogP contribution in [0.5, 0.6) is 0 Å². The van der Waals surface area contributed by atoms with E-state index in [4.69, 9.17) is 4.74 Å². The molecule has 0 aromatic carbocycles. The molecular formula is C16H27N3O2. The maximum atomic E-state index is 11.4. The molecule has 0 bridgehead atoms. The minimum Gasteiger partial charge on any atom is -0.444 e. The molecule has 1 heterocycles. The van der Waals surface area contributed by atoms with Crippen LogP contribution in [0.15, 0.2) is 24.4 Å². The predicted molar refractivity (Wildman–Crippen MR) is 84.3 cm³/mol. The molecule has 0 saturated heterocycles. The molecule has 5 nitrogen and oxygen atoms in total. The van der Waals surface area contributed by atoms with Gasteiger partial charge in [-0.25, -0.2) is 4.79 Å². The molecule has 0 atom stereocenters. The van der Waals surface area contributed by atoms with Crippen molar-refractivity contribution >= 4 is 6.09 Å². The molecule has 0 aliphatic carbocycles. The quantitative estimate of drug-likeness (QED) is 0.723. The highest BCUT2D eigenvalue weighted by Gasteiger charge is 2.15. The SMILES string of the molecule is CC(C)(C)OC(=O)NCCCNCCCc1ccccn1. The number of nitrogens with one attached hydrogen (secondary N) is 2.